The molecule has 2 aromatic carbocycles. The Morgan fingerprint density at radius 2 is 1.67 bits per heavy atom. The number of nitrogens with one attached hydrogen (secondary N) is 1. The minimum absolute atomic E-state index is 0.0136. The van der Waals surface area contributed by atoms with Crippen molar-refractivity contribution in [2.45, 2.75) is 26.4 Å². The van der Waals surface area contributed by atoms with E-state index in [-0.39, 0.29) is 23.5 Å². The fourth-order valence-corrected chi connectivity index (χ4v) is 2.25. The third-order valence-electron chi connectivity index (χ3n) is 3.94. The molecule has 4 nitrogen and oxygen atoms in total. The Morgan fingerprint density at radius 1 is 1.08 bits per heavy atom. The van der Waals surface area contributed by atoms with Crippen LogP contribution in [0.4, 0.5) is 10.1 Å². The van der Waals surface area contributed by atoms with Gasteiger partial charge in [0.1, 0.15) is 5.82 Å². The molecule has 0 aliphatic rings. The van der Waals surface area contributed by atoms with E-state index in [0.29, 0.717) is 17.8 Å². The number of Topliss-reactive ketones (excluding diaryl/α,β-unsaturated/α-hetero) is 1. The Hall–Kier alpha value is -2.53. The summed E-state index contributed by atoms with van der Waals surface area (Å²) in [6, 6.07) is 12.7. The van der Waals surface area contributed by atoms with Crippen molar-refractivity contribution >= 4 is 17.4 Å². The van der Waals surface area contributed by atoms with Gasteiger partial charge in [0.2, 0.25) is 5.91 Å². The van der Waals surface area contributed by atoms with Crippen LogP contribution in [0.25, 0.3) is 0 Å². The number of carbonyl (C=O) groups excluding carboxylic acids is 2. The molecule has 0 aliphatic heterocycles. The van der Waals surface area contributed by atoms with Gasteiger partial charge in [0.25, 0.3) is 0 Å². The van der Waals surface area contributed by atoms with Crippen LogP contribution in [0.2, 0.25) is 0 Å². The molecule has 2 rings (SSSR count). The van der Waals surface area contributed by atoms with Gasteiger partial charge in [-0.1, -0.05) is 12.1 Å². The van der Waals surface area contributed by atoms with E-state index in [4.69, 9.17) is 0 Å². The first kappa shape index (κ1) is 17.8. The Balaban J connectivity index is 1.95. The molecule has 0 saturated carbocycles. The number of halogens is 1. The van der Waals surface area contributed by atoms with E-state index in [1.807, 2.05) is 18.9 Å². The van der Waals surface area contributed by atoms with Gasteiger partial charge >= 0.3 is 0 Å². The number of ketones is 1. The first-order chi connectivity index (χ1) is 11.4. The normalized spacial score (nSPS) is 12.0. The van der Waals surface area contributed by atoms with Gasteiger partial charge in [-0.05, 0) is 62.9 Å². The van der Waals surface area contributed by atoms with Crippen LogP contribution in [0.15, 0.2) is 48.5 Å². The largest absolute Gasteiger partial charge is 0.325 e. The van der Waals surface area contributed by atoms with E-state index >= 15 is 0 Å². The predicted molar refractivity (Wildman–Crippen MR) is 92.4 cm³/mol. The summed E-state index contributed by atoms with van der Waals surface area (Å²) in [5, 5.41) is 2.83. The summed E-state index contributed by atoms with van der Waals surface area (Å²) in [6.45, 7) is 3.85. The monoisotopic (exact) mass is 328 g/mol. The molecule has 0 unspecified atom stereocenters. The molecule has 0 aliphatic carbocycles. The molecule has 0 radical (unpaired) electrons. The Labute approximate surface area is 141 Å². The number of likely N-dealkylation sites (N-methyl/N-ethyl adjacent to an activating group) is 1. The van der Waals surface area contributed by atoms with Gasteiger partial charge in [-0.15, -0.1) is 0 Å². The lowest BCUT2D eigenvalue weighted by Crippen LogP contribution is -2.39. The molecule has 0 bridgehead atoms. The number of nitrogens with zero attached hydrogens (tertiary/aromatic N) is 1. The highest BCUT2D eigenvalue weighted by atomic mass is 19.1. The molecule has 0 saturated heterocycles. The quantitative estimate of drug-likeness (QED) is 0.826. The molecule has 2 aromatic rings. The van der Waals surface area contributed by atoms with Gasteiger partial charge in [0.15, 0.2) is 5.78 Å². The topological polar surface area (TPSA) is 49.4 Å². The van der Waals surface area contributed by atoms with Crippen LogP contribution in [-0.2, 0) is 11.3 Å². The summed E-state index contributed by atoms with van der Waals surface area (Å²) in [5.74, 6) is -0.434. The Kier molecular flexibility index (Phi) is 5.82. The fourth-order valence-electron chi connectivity index (χ4n) is 2.25. The second kappa shape index (κ2) is 7.84. The molecule has 126 valence electrons. The van der Waals surface area contributed by atoms with Crippen molar-refractivity contribution in [2.75, 3.05) is 12.4 Å². The highest BCUT2D eigenvalue weighted by Gasteiger charge is 2.18. The van der Waals surface area contributed by atoms with Gasteiger partial charge in [-0.25, -0.2) is 4.39 Å². The highest BCUT2D eigenvalue weighted by Crippen LogP contribution is 2.13. The summed E-state index contributed by atoms with van der Waals surface area (Å²) >= 11 is 0. The SMILES string of the molecule is CC(=O)c1ccc(NC(=O)[C@@H](C)N(C)Cc2ccc(F)cc2)cc1. The zero-order valence-corrected chi connectivity index (χ0v) is 14.0. The molecule has 1 atom stereocenters. The van der Waals surface area contributed by atoms with Crippen molar-refractivity contribution in [2.24, 2.45) is 0 Å². The lowest BCUT2D eigenvalue weighted by atomic mass is 10.1. The minimum atomic E-state index is -0.359. The van der Waals surface area contributed by atoms with E-state index in [2.05, 4.69) is 5.32 Å². The average molecular weight is 328 g/mol. The lowest BCUT2D eigenvalue weighted by molar-refractivity contribution is -0.120. The second-order valence-electron chi connectivity index (χ2n) is 5.84. The smallest absolute Gasteiger partial charge is 0.241 e. The molecular formula is C19H21FN2O2. The summed E-state index contributed by atoms with van der Waals surface area (Å²) in [7, 11) is 1.84. The summed E-state index contributed by atoms with van der Waals surface area (Å²) in [4.78, 5) is 25.5. The predicted octanol–water partition coefficient (Wildman–Crippen LogP) is 3.49. The van der Waals surface area contributed by atoms with Crippen LogP contribution < -0.4 is 5.32 Å². The third-order valence-corrected chi connectivity index (χ3v) is 3.94. The molecule has 24 heavy (non-hydrogen) atoms. The van der Waals surface area contributed by atoms with Gasteiger partial charge in [0.05, 0.1) is 6.04 Å². The van der Waals surface area contributed by atoms with Crippen molar-refractivity contribution in [3.8, 4) is 0 Å². The molecule has 1 N–H and O–H groups in total. The third kappa shape index (κ3) is 4.73. The summed E-state index contributed by atoms with van der Waals surface area (Å²) < 4.78 is 12.9. The number of benzene rings is 2. The van der Waals surface area contributed by atoms with E-state index in [0.717, 1.165) is 5.56 Å². The van der Waals surface area contributed by atoms with E-state index in [1.54, 1.807) is 36.4 Å². The minimum Gasteiger partial charge on any atom is -0.325 e. The second-order valence-corrected chi connectivity index (χ2v) is 5.84. The van der Waals surface area contributed by atoms with Crippen LogP contribution in [0, 0.1) is 5.82 Å². The van der Waals surface area contributed by atoms with Gasteiger partial charge in [-0.3, -0.25) is 14.5 Å². The van der Waals surface area contributed by atoms with Crippen LogP contribution in [0.3, 0.4) is 0 Å². The number of carbonyl (C=O) groups is 2. The molecule has 0 aromatic heterocycles. The highest BCUT2D eigenvalue weighted by molar-refractivity contribution is 5.96. The lowest BCUT2D eigenvalue weighted by Gasteiger charge is -2.24. The number of anilines is 1. The van der Waals surface area contributed by atoms with Gasteiger partial charge < -0.3 is 5.32 Å². The maximum Gasteiger partial charge on any atom is 0.241 e. The number of hydrogen-bond donors (Lipinski definition) is 1. The molecule has 1 amide bonds. The standard InChI is InChI=1S/C19H21FN2O2/c1-13(22(3)12-15-4-8-17(20)9-5-15)19(24)21-18-10-6-16(7-11-18)14(2)23/h4-11,13H,12H2,1-3H3,(H,21,24)/t13-/m1/s1. The maximum atomic E-state index is 12.9. The number of amides is 1. The fraction of sp³-hybridized carbons (Fsp3) is 0.263. The zero-order chi connectivity index (χ0) is 17.7. The first-order valence-corrected chi connectivity index (χ1v) is 7.73. The van der Waals surface area contributed by atoms with Gasteiger partial charge in [0, 0.05) is 17.8 Å². The first-order valence-electron chi connectivity index (χ1n) is 7.73. The van der Waals surface area contributed by atoms with Crippen molar-refractivity contribution in [1.82, 2.24) is 4.90 Å². The molecule has 0 heterocycles. The van der Waals surface area contributed by atoms with Gasteiger partial charge in [-0.2, -0.15) is 0 Å². The molecular weight excluding hydrogens is 307 g/mol. The van der Waals surface area contributed by atoms with E-state index in [1.165, 1.54) is 19.1 Å². The van der Waals surface area contributed by atoms with Crippen molar-refractivity contribution in [1.29, 1.82) is 0 Å². The number of hydrogen-bond acceptors (Lipinski definition) is 3. The maximum absolute atomic E-state index is 12.9. The van der Waals surface area contributed by atoms with E-state index in [9.17, 15) is 14.0 Å². The molecule has 0 spiro atoms. The van der Waals surface area contributed by atoms with Crippen molar-refractivity contribution in [3.05, 3.63) is 65.5 Å². The average Bonchev–Trinajstić information content (AvgIpc) is 2.56. The molecule has 5 heteroatoms. The van der Waals surface area contributed by atoms with Crippen LogP contribution >= 0.6 is 0 Å². The van der Waals surface area contributed by atoms with Crippen molar-refractivity contribution in [3.63, 3.8) is 0 Å². The molecule has 0 fully saturated rings. The van der Waals surface area contributed by atoms with Crippen molar-refractivity contribution < 1.29 is 14.0 Å². The summed E-state index contributed by atoms with van der Waals surface area (Å²) in [5.41, 5.74) is 2.19. The zero-order valence-electron chi connectivity index (χ0n) is 14.0. The van der Waals surface area contributed by atoms with E-state index < -0.39 is 0 Å². The van der Waals surface area contributed by atoms with Crippen LogP contribution in [0.5, 0.6) is 0 Å². The van der Waals surface area contributed by atoms with Crippen LogP contribution in [0.1, 0.15) is 29.8 Å². The summed E-state index contributed by atoms with van der Waals surface area (Å²) in [6.07, 6.45) is 0. The number of rotatable bonds is 6. The Bertz CT molecular complexity index is 711. The Morgan fingerprint density at radius 3 is 2.21 bits per heavy atom. The van der Waals surface area contributed by atoms with Crippen LogP contribution in [-0.4, -0.2) is 29.7 Å².